The molecule has 5 nitrogen and oxygen atoms in total. The summed E-state index contributed by atoms with van der Waals surface area (Å²) < 4.78 is 26.5. The average Bonchev–Trinajstić information content (AvgIpc) is 2.32. The zero-order valence-electron chi connectivity index (χ0n) is 9.81. The van der Waals surface area contributed by atoms with E-state index in [2.05, 4.69) is 20.7 Å². The number of thioether (sulfide) groups is 1. The van der Waals surface area contributed by atoms with Gasteiger partial charge >= 0.3 is 5.97 Å². The molecule has 0 radical (unpaired) electrons. The first kappa shape index (κ1) is 16.8. The Kier molecular flexibility index (Phi) is 6.13. The lowest BCUT2D eigenvalue weighted by atomic mass is 10.2. The van der Waals surface area contributed by atoms with Crippen molar-refractivity contribution in [2.24, 2.45) is 0 Å². The minimum absolute atomic E-state index is 0.0319. The van der Waals surface area contributed by atoms with Crippen molar-refractivity contribution in [3.63, 3.8) is 0 Å². The molecule has 0 atom stereocenters. The van der Waals surface area contributed by atoms with Gasteiger partial charge in [-0.15, -0.1) is 0 Å². The van der Waals surface area contributed by atoms with Gasteiger partial charge in [-0.1, -0.05) is 11.6 Å². The van der Waals surface area contributed by atoms with Gasteiger partial charge in [-0.05, 0) is 34.3 Å². The predicted molar refractivity (Wildman–Crippen MR) is 79.7 cm³/mol. The molecule has 9 heteroatoms. The van der Waals surface area contributed by atoms with Gasteiger partial charge in [0.1, 0.15) is 0 Å². The van der Waals surface area contributed by atoms with Crippen LogP contribution in [0.1, 0.15) is 10.4 Å². The van der Waals surface area contributed by atoms with Crippen LogP contribution in [-0.2, 0) is 10.0 Å². The van der Waals surface area contributed by atoms with E-state index in [1.54, 1.807) is 0 Å². The van der Waals surface area contributed by atoms with Crippen molar-refractivity contribution < 1.29 is 18.3 Å². The van der Waals surface area contributed by atoms with E-state index in [4.69, 9.17) is 16.7 Å². The Balaban J connectivity index is 3.17. The summed E-state index contributed by atoms with van der Waals surface area (Å²) in [5, 5.41) is 8.94. The lowest BCUT2D eigenvalue weighted by Gasteiger charge is -2.09. The zero-order valence-corrected chi connectivity index (χ0v) is 13.8. The third-order valence-electron chi connectivity index (χ3n) is 2.14. The molecule has 0 aliphatic heterocycles. The SMILES string of the molecule is CSCCNS(=O)(=O)c1cc(Br)c(Cl)c(C(=O)O)c1. The maximum Gasteiger partial charge on any atom is 0.337 e. The van der Waals surface area contributed by atoms with Crippen molar-refractivity contribution in [1.82, 2.24) is 4.72 Å². The predicted octanol–water partition coefficient (Wildman–Crippen LogP) is 2.44. The maximum absolute atomic E-state index is 12.0. The van der Waals surface area contributed by atoms with E-state index in [-0.39, 0.29) is 26.5 Å². The second-order valence-electron chi connectivity index (χ2n) is 3.46. The molecule has 1 aromatic rings. The highest BCUT2D eigenvalue weighted by Crippen LogP contribution is 2.29. The van der Waals surface area contributed by atoms with E-state index < -0.39 is 16.0 Å². The van der Waals surface area contributed by atoms with Crippen LogP contribution >= 0.6 is 39.3 Å². The molecule has 0 saturated heterocycles. The molecule has 0 saturated carbocycles. The van der Waals surface area contributed by atoms with Crippen LogP contribution in [0.15, 0.2) is 21.5 Å². The Morgan fingerprint density at radius 1 is 1.53 bits per heavy atom. The van der Waals surface area contributed by atoms with Crippen LogP contribution in [-0.4, -0.2) is 38.0 Å². The second kappa shape index (κ2) is 6.94. The molecule has 0 aliphatic carbocycles. The number of carbonyl (C=O) groups is 1. The quantitative estimate of drug-likeness (QED) is 0.731. The number of hydrogen-bond donors (Lipinski definition) is 2. The summed E-state index contributed by atoms with van der Waals surface area (Å²) in [6.45, 7) is 0.270. The van der Waals surface area contributed by atoms with Crippen molar-refractivity contribution in [2.45, 2.75) is 4.90 Å². The van der Waals surface area contributed by atoms with Gasteiger partial charge in [0.2, 0.25) is 10.0 Å². The highest BCUT2D eigenvalue weighted by Gasteiger charge is 2.20. The minimum Gasteiger partial charge on any atom is -0.478 e. The van der Waals surface area contributed by atoms with Gasteiger partial charge in [0, 0.05) is 16.8 Å². The summed E-state index contributed by atoms with van der Waals surface area (Å²) in [7, 11) is -3.74. The van der Waals surface area contributed by atoms with E-state index in [1.165, 1.54) is 17.8 Å². The van der Waals surface area contributed by atoms with Crippen molar-refractivity contribution in [3.05, 3.63) is 27.2 Å². The first-order chi connectivity index (χ1) is 8.79. The van der Waals surface area contributed by atoms with E-state index in [0.29, 0.717) is 5.75 Å². The topological polar surface area (TPSA) is 83.5 Å². The highest BCUT2D eigenvalue weighted by atomic mass is 79.9. The summed E-state index contributed by atoms with van der Waals surface area (Å²) >= 11 is 10.3. The van der Waals surface area contributed by atoms with Crippen molar-refractivity contribution >= 4 is 55.3 Å². The summed E-state index contributed by atoms with van der Waals surface area (Å²) in [6.07, 6.45) is 1.86. The molecule has 0 unspecified atom stereocenters. The van der Waals surface area contributed by atoms with Crippen LogP contribution in [0.25, 0.3) is 0 Å². The molecule has 0 amide bonds. The number of aromatic carboxylic acids is 1. The van der Waals surface area contributed by atoms with Crippen molar-refractivity contribution in [3.8, 4) is 0 Å². The van der Waals surface area contributed by atoms with Crippen LogP contribution in [0.3, 0.4) is 0 Å². The van der Waals surface area contributed by atoms with Crippen LogP contribution < -0.4 is 4.72 Å². The number of nitrogens with one attached hydrogen (secondary N) is 1. The fourth-order valence-electron chi connectivity index (χ4n) is 1.24. The Hall–Kier alpha value is -0.280. The normalized spacial score (nSPS) is 11.5. The summed E-state index contributed by atoms with van der Waals surface area (Å²) in [5.41, 5.74) is -0.263. The number of benzene rings is 1. The molecule has 0 fully saturated rings. The first-order valence-corrected chi connectivity index (χ1v) is 9.05. The molecule has 0 aliphatic rings. The van der Waals surface area contributed by atoms with Gasteiger partial charge in [-0.25, -0.2) is 17.9 Å². The number of hydrogen-bond acceptors (Lipinski definition) is 4. The van der Waals surface area contributed by atoms with Gasteiger partial charge in [0.15, 0.2) is 0 Å². The molecule has 1 aromatic carbocycles. The van der Waals surface area contributed by atoms with Crippen molar-refractivity contribution in [2.75, 3.05) is 18.6 Å². The molecule has 106 valence electrons. The zero-order chi connectivity index (χ0) is 14.6. The third kappa shape index (κ3) is 4.35. The summed E-state index contributed by atoms with van der Waals surface area (Å²) in [4.78, 5) is 10.9. The van der Waals surface area contributed by atoms with Crippen molar-refractivity contribution in [1.29, 1.82) is 0 Å². The van der Waals surface area contributed by atoms with Crippen LogP contribution in [0.5, 0.6) is 0 Å². The smallest absolute Gasteiger partial charge is 0.337 e. The largest absolute Gasteiger partial charge is 0.478 e. The van der Waals surface area contributed by atoms with E-state index >= 15 is 0 Å². The molecule has 19 heavy (non-hydrogen) atoms. The lowest BCUT2D eigenvalue weighted by molar-refractivity contribution is 0.0696. The monoisotopic (exact) mass is 387 g/mol. The summed E-state index contributed by atoms with van der Waals surface area (Å²) in [5.74, 6) is -0.661. The van der Waals surface area contributed by atoms with E-state index in [0.717, 1.165) is 6.07 Å². The standard InChI is InChI=1S/C10H11BrClNO4S2/c1-18-3-2-13-19(16,17)6-4-7(10(14)15)9(12)8(11)5-6/h4-5,13H,2-3H2,1H3,(H,14,15). The molecule has 1 rings (SSSR count). The van der Waals surface area contributed by atoms with Gasteiger partial charge in [0.25, 0.3) is 0 Å². The number of rotatable bonds is 6. The Bertz CT molecular complexity index is 591. The molecular formula is C10H11BrClNO4S2. The summed E-state index contributed by atoms with van der Waals surface area (Å²) in [6, 6.07) is 2.31. The van der Waals surface area contributed by atoms with Gasteiger partial charge in [0.05, 0.1) is 15.5 Å². The fourth-order valence-corrected chi connectivity index (χ4v) is 3.56. The van der Waals surface area contributed by atoms with E-state index in [9.17, 15) is 13.2 Å². The fraction of sp³-hybridized carbons (Fsp3) is 0.300. The average molecular weight is 389 g/mol. The molecule has 0 aromatic heterocycles. The first-order valence-electron chi connectivity index (χ1n) is 5.00. The van der Waals surface area contributed by atoms with Crippen LogP contribution in [0, 0.1) is 0 Å². The Labute approximate surface area is 128 Å². The van der Waals surface area contributed by atoms with Gasteiger partial charge in [-0.2, -0.15) is 11.8 Å². The number of halogens is 2. The third-order valence-corrected chi connectivity index (χ3v) is 5.45. The number of carboxylic acids is 1. The molecule has 0 heterocycles. The minimum atomic E-state index is -3.74. The maximum atomic E-state index is 12.0. The number of sulfonamides is 1. The van der Waals surface area contributed by atoms with E-state index in [1.807, 2.05) is 6.26 Å². The Morgan fingerprint density at radius 3 is 2.68 bits per heavy atom. The van der Waals surface area contributed by atoms with Crippen LogP contribution in [0.2, 0.25) is 5.02 Å². The molecule has 2 N–H and O–H groups in total. The van der Waals surface area contributed by atoms with Gasteiger partial charge < -0.3 is 5.11 Å². The second-order valence-corrected chi connectivity index (χ2v) is 7.45. The molecule has 0 bridgehead atoms. The number of carboxylic acid groups (broad SMARTS) is 1. The van der Waals surface area contributed by atoms with Crippen LogP contribution in [0.4, 0.5) is 0 Å². The van der Waals surface area contributed by atoms with Gasteiger partial charge in [-0.3, -0.25) is 0 Å². The highest BCUT2D eigenvalue weighted by molar-refractivity contribution is 9.10. The molecule has 0 spiro atoms. The Morgan fingerprint density at radius 2 is 2.16 bits per heavy atom. The lowest BCUT2D eigenvalue weighted by Crippen LogP contribution is -2.26. The molecular weight excluding hydrogens is 378 g/mol.